The largest absolute Gasteiger partial charge is 0.491 e. The van der Waals surface area contributed by atoms with Crippen LogP contribution in [0, 0.1) is 0 Å². The highest BCUT2D eigenvalue weighted by Gasteiger charge is 2.21. The number of ether oxygens (including phenoxy) is 1. The summed E-state index contributed by atoms with van der Waals surface area (Å²) >= 11 is 0. The predicted octanol–water partition coefficient (Wildman–Crippen LogP) is 2.66. The third-order valence-electron chi connectivity index (χ3n) is 4.15. The molecule has 1 aliphatic rings. The summed E-state index contributed by atoms with van der Waals surface area (Å²) in [6.45, 7) is 3.65. The number of carbonyl (C=O) groups excluding carboxylic acids is 1. The maximum atomic E-state index is 11.6. The van der Waals surface area contributed by atoms with Crippen molar-refractivity contribution in [3.63, 3.8) is 0 Å². The topological polar surface area (TPSA) is 55.6 Å². The van der Waals surface area contributed by atoms with E-state index in [0.717, 1.165) is 19.5 Å². The fourth-order valence-corrected chi connectivity index (χ4v) is 3.08. The Bertz CT molecular complexity index is 699. The van der Waals surface area contributed by atoms with Crippen molar-refractivity contribution in [3.05, 3.63) is 59.7 Å². The Balaban J connectivity index is 1.67. The zero-order chi connectivity index (χ0) is 16.2. The van der Waals surface area contributed by atoms with Gasteiger partial charge in [-0.3, -0.25) is 4.79 Å². The van der Waals surface area contributed by atoms with Gasteiger partial charge >= 0.3 is 0 Å². The van der Waals surface area contributed by atoms with Crippen LogP contribution in [0.5, 0.6) is 5.75 Å². The molecule has 1 atom stereocenters. The number of hydrogen-bond acceptors (Lipinski definition) is 4. The van der Waals surface area contributed by atoms with Gasteiger partial charge in [0.05, 0.1) is 12.1 Å². The Morgan fingerprint density at radius 3 is 2.78 bits per heavy atom. The monoisotopic (exact) mass is 310 g/mol. The van der Waals surface area contributed by atoms with Crippen molar-refractivity contribution >= 4 is 11.5 Å². The van der Waals surface area contributed by atoms with Crippen molar-refractivity contribution in [3.8, 4) is 5.75 Å². The van der Waals surface area contributed by atoms with Crippen LogP contribution in [0.15, 0.2) is 48.5 Å². The molecule has 0 saturated heterocycles. The molecule has 0 aliphatic carbocycles. The van der Waals surface area contributed by atoms with Crippen LogP contribution in [-0.2, 0) is 6.42 Å². The minimum absolute atomic E-state index is 0.0194. The number of nitrogens with zero attached hydrogens (tertiary/aromatic N) is 1. The second-order valence-electron chi connectivity index (χ2n) is 5.94. The van der Waals surface area contributed by atoms with Gasteiger partial charge in [0.25, 0.3) is 0 Å². The molecule has 0 saturated carbocycles. The van der Waals surface area contributed by atoms with Crippen LogP contribution in [0.25, 0.3) is 0 Å². The zero-order valence-corrected chi connectivity index (χ0v) is 13.4. The number of benzene rings is 2. The van der Waals surface area contributed by atoms with Crippen LogP contribution in [-0.4, -0.2) is 31.5 Å². The highest BCUT2D eigenvalue weighted by Crippen LogP contribution is 2.26. The molecule has 0 spiro atoms. The molecule has 120 valence electrons. The Morgan fingerprint density at radius 1 is 1.22 bits per heavy atom. The predicted molar refractivity (Wildman–Crippen MR) is 92.3 cm³/mol. The number of carbonyl (C=O) groups is 1. The molecule has 1 unspecified atom stereocenters. The summed E-state index contributed by atoms with van der Waals surface area (Å²) < 4.78 is 5.85. The van der Waals surface area contributed by atoms with E-state index in [2.05, 4.69) is 29.2 Å². The van der Waals surface area contributed by atoms with Gasteiger partial charge < -0.3 is 15.4 Å². The van der Waals surface area contributed by atoms with Crippen molar-refractivity contribution in [1.29, 1.82) is 0 Å². The normalized spacial score (nSPS) is 16.8. The van der Waals surface area contributed by atoms with Crippen molar-refractivity contribution in [2.24, 2.45) is 5.73 Å². The van der Waals surface area contributed by atoms with E-state index in [1.54, 1.807) is 13.0 Å². The van der Waals surface area contributed by atoms with Gasteiger partial charge in [-0.05, 0) is 37.1 Å². The fourth-order valence-electron chi connectivity index (χ4n) is 3.08. The van der Waals surface area contributed by atoms with Gasteiger partial charge in [0, 0.05) is 18.3 Å². The number of ketones is 1. The highest BCUT2D eigenvalue weighted by atomic mass is 16.5. The lowest BCUT2D eigenvalue weighted by Gasteiger charge is -2.34. The van der Waals surface area contributed by atoms with Crippen LogP contribution in [0.4, 0.5) is 5.69 Å². The maximum absolute atomic E-state index is 11.6. The average molecular weight is 310 g/mol. The molecule has 0 bridgehead atoms. The van der Waals surface area contributed by atoms with E-state index in [-0.39, 0.29) is 11.8 Å². The SMILES string of the molecule is CC(=O)c1ccccc1OCCN1CC(N)Cc2ccccc21. The van der Waals surface area contributed by atoms with Crippen LogP contribution in [0.2, 0.25) is 0 Å². The van der Waals surface area contributed by atoms with Crippen LogP contribution >= 0.6 is 0 Å². The number of para-hydroxylation sites is 2. The van der Waals surface area contributed by atoms with Crippen molar-refractivity contribution in [2.75, 3.05) is 24.6 Å². The molecule has 3 rings (SSSR count). The Labute approximate surface area is 136 Å². The van der Waals surface area contributed by atoms with Crippen molar-refractivity contribution < 1.29 is 9.53 Å². The Hall–Kier alpha value is -2.33. The lowest BCUT2D eigenvalue weighted by molar-refractivity contribution is 0.101. The van der Waals surface area contributed by atoms with Crippen molar-refractivity contribution in [1.82, 2.24) is 0 Å². The first-order valence-electron chi connectivity index (χ1n) is 7.96. The van der Waals surface area contributed by atoms with E-state index < -0.39 is 0 Å². The summed E-state index contributed by atoms with van der Waals surface area (Å²) in [7, 11) is 0. The molecule has 4 heteroatoms. The Kier molecular flexibility index (Phi) is 4.63. The second-order valence-corrected chi connectivity index (χ2v) is 5.94. The standard InChI is InChI=1S/C19H22N2O2/c1-14(22)17-7-3-5-9-19(17)23-11-10-21-13-16(20)12-15-6-2-4-8-18(15)21/h2-9,16H,10-13,20H2,1H3. The third-order valence-corrected chi connectivity index (χ3v) is 4.15. The summed E-state index contributed by atoms with van der Waals surface area (Å²) in [5.41, 5.74) is 9.31. The van der Waals surface area contributed by atoms with E-state index >= 15 is 0 Å². The van der Waals surface area contributed by atoms with Crippen LogP contribution in [0.3, 0.4) is 0 Å². The number of anilines is 1. The smallest absolute Gasteiger partial charge is 0.163 e. The second kappa shape index (κ2) is 6.84. The summed E-state index contributed by atoms with van der Waals surface area (Å²) in [5, 5.41) is 0. The molecule has 0 radical (unpaired) electrons. The molecule has 1 heterocycles. The van der Waals surface area contributed by atoms with E-state index in [1.807, 2.05) is 18.2 Å². The van der Waals surface area contributed by atoms with Crippen LogP contribution < -0.4 is 15.4 Å². The highest BCUT2D eigenvalue weighted by molar-refractivity contribution is 5.96. The van der Waals surface area contributed by atoms with E-state index in [0.29, 0.717) is 17.9 Å². The summed E-state index contributed by atoms with van der Waals surface area (Å²) in [5.74, 6) is 0.667. The first-order chi connectivity index (χ1) is 11.1. The van der Waals surface area contributed by atoms with Crippen molar-refractivity contribution in [2.45, 2.75) is 19.4 Å². The molecule has 2 N–H and O–H groups in total. The summed E-state index contributed by atoms with van der Waals surface area (Å²) in [4.78, 5) is 13.9. The van der Waals surface area contributed by atoms with E-state index in [4.69, 9.17) is 10.5 Å². The minimum atomic E-state index is 0.0194. The average Bonchev–Trinajstić information content (AvgIpc) is 2.55. The molecule has 4 nitrogen and oxygen atoms in total. The lowest BCUT2D eigenvalue weighted by Crippen LogP contribution is -2.44. The number of rotatable bonds is 5. The molecule has 23 heavy (non-hydrogen) atoms. The summed E-state index contributed by atoms with van der Waals surface area (Å²) in [6.07, 6.45) is 0.917. The first-order valence-corrected chi connectivity index (χ1v) is 7.96. The quantitative estimate of drug-likeness (QED) is 0.863. The molecule has 0 amide bonds. The van der Waals surface area contributed by atoms with Gasteiger partial charge in [0.15, 0.2) is 5.78 Å². The van der Waals surface area contributed by atoms with Gasteiger partial charge in [-0.1, -0.05) is 30.3 Å². The number of hydrogen-bond donors (Lipinski definition) is 1. The van der Waals surface area contributed by atoms with Gasteiger partial charge in [0.1, 0.15) is 12.4 Å². The lowest BCUT2D eigenvalue weighted by atomic mass is 9.98. The van der Waals surface area contributed by atoms with E-state index in [9.17, 15) is 4.79 Å². The number of nitrogens with two attached hydrogens (primary N) is 1. The minimum Gasteiger partial charge on any atom is -0.491 e. The zero-order valence-electron chi connectivity index (χ0n) is 13.4. The molecule has 0 fully saturated rings. The molecular formula is C19H22N2O2. The van der Waals surface area contributed by atoms with Gasteiger partial charge in [-0.25, -0.2) is 0 Å². The maximum Gasteiger partial charge on any atom is 0.163 e. The number of fused-ring (bicyclic) bond motifs is 1. The van der Waals surface area contributed by atoms with Gasteiger partial charge in [-0.2, -0.15) is 0 Å². The number of Topliss-reactive ketones (excluding diaryl/α,β-unsaturated/α-hetero) is 1. The molecule has 2 aromatic rings. The molecular weight excluding hydrogens is 288 g/mol. The summed E-state index contributed by atoms with van der Waals surface area (Å²) in [6, 6.07) is 15.9. The van der Waals surface area contributed by atoms with Gasteiger partial charge in [0.2, 0.25) is 0 Å². The third kappa shape index (κ3) is 3.54. The van der Waals surface area contributed by atoms with Crippen LogP contribution in [0.1, 0.15) is 22.8 Å². The first kappa shape index (κ1) is 15.6. The Morgan fingerprint density at radius 2 is 1.96 bits per heavy atom. The fraction of sp³-hybridized carbons (Fsp3) is 0.316. The molecule has 0 aromatic heterocycles. The molecule has 1 aliphatic heterocycles. The molecule has 2 aromatic carbocycles. The van der Waals surface area contributed by atoms with Gasteiger partial charge in [-0.15, -0.1) is 0 Å². The van der Waals surface area contributed by atoms with E-state index in [1.165, 1.54) is 11.3 Å².